The average molecular weight is 339 g/mol. The molecule has 0 bridgehead atoms. The van der Waals surface area contributed by atoms with Gasteiger partial charge in [-0.3, -0.25) is 4.79 Å². The van der Waals surface area contributed by atoms with E-state index < -0.39 is 5.60 Å². The van der Waals surface area contributed by atoms with Gasteiger partial charge < -0.3 is 10.4 Å². The van der Waals surface area contributed by atoms with Crippen molar-refractivity contribution in [1.82, 2.24) is 15.1 Å². The number of para-hydroxylation sites is 1. The van der Waals surface area contributed by atoms with Crippen LogP contribution < -0.4 is 5.32 Å². The molecule has 2 aromatic carbocycles. The van der Waals surface area contributed by atoms with Crippen molar-refractivity contribution in [3.63, 3.8) is 0 Å². The van der Waals surface area contributed by atoms with E-state index in [2.05, 4.69) is 10.4 Å². The molecule has 0 radical (unpaired) electrons. The predicted molar refractivity (Wildman–Crippen MR) is 91.9 cm³/mol. The Kier molecular flexibility index (Phi) is 4.63. The number of carbonyl (C=O) groups excluding carboxylic acids is 1. The average Bonchev–Trinajstić information content (AvgIpc) is 3.11. The van der Waals surface area contributed by atoms with Gasteiger partial charge in [-0.15, -0.1) is 0 Å². The van der Waals surface area contributed by atoms with E-state index in [1.807, 2.05) is 30.3 Å². The Morgan fingerprint density at radius 2 is 1.88 bits per heavy atom. The lowest BCUT2D eigenvalue weighted by Gasteiger charge is -2.24. The highest BCUT2D eigenvalue weighted by Crippen LogP contribution is 2.20. The van der Waals surface area contributed by atoms with Crippen LogP contribution >= 0.6 is 0 Å². The zero-order valence-corrected chi connectivity index (χ0v) is 13.7. The summed E-state index contributed by atoms with van der Waals surface area (Å²) in [6.45, 7) is 1.56. The van der Waals surface area contributed by atoms with Crippen molar-refractivity contribution in [2.75, 3.05) is 6.54 Å². The van der Waals surface area contributed by atoms with E-state index in [0.29, 0.717) is 11.1 Å². The lowest BCUT2D eigenvalue weighted by molar-refractivity contribution is 0.0526. The van der Waals surface area contributed by atoms with Crippen molar-refractivity contribution >= 4 is 5.91 Å². The van der Waals surface area contributed by atoms with Crippen molar-refractivity contribution in [3.8, 4) is 5.69 Å². The first-order chi connectivity index (χ1) is 12.0. The molecule has 5 nitrogen and oxygen atoms in total. The number of hydrogen-bond donors (Lipinski definition) is 2. The minimum atomic E-state index is -1.31. The molecule has 2 N–H and O–H groups in total. The van der Waals surface area contributed by atoms with Crippen molar-refractivity contribution in [2.45, 2.75) is 12.5 Å². The molecule has 0 aliphatic carbocycles. The topological polar surface area (TPSA) is 67.2 Å². The minimum Gasteiger partial charge on any atom is -0.384 e. The lowest BCUT2D eigenvalue weighted by Crippen LogP contribution is -2.38. The summed E-state index contributed by atoms with van der Waals surface area (Å²) in [5.74, 6) is -0.721. The number of nitrogens with zero attached hydrogens (tertiary/aromatic N) is 2. The van der Waals surface area contributed by atoms with E-state index in [0.717, 1.165) is 5.69 Å². The molecular weight excluding hydrogens is 321 g/mol. The van der Waals surface area contributed by atoms with Gasteiger partial charge in [-0.1, -0.05) is 30.3 Å². The molecular formula is C19H18FN3O2. The fourth-order valence-corrected chi connectivity index (χ4v) is 2.43. The van der Waals surface area contributed by atoms with Crippen LogP contribution in [0.1, 0.15) is 22.8 Å². The zero-order valence-electron chi connectivity index (χ0n) is 13.7. The number of aliphatic hydroxyl groups is 1. The summed E-state index contributed by atoms with van der Waals surface area (Å²) < 4.78 is 14.6. The molecule has 0 fully saturated rings. The third-order valence-electron chi connectivity index (χ3n) is 3.92. The Morgan fingerprint density at radius 3 is 2.56 bits per heavy atom. The number of aromatic nitrogens is 2. The van der Waals surface area contributed by atoms with Gasteiger partial charge in [0.25, 0.3) is 5.91 Å². The van der Waals surface area contributed by atoms with Gasteiger partial charge in [0.05, 0.1) is 24.0 Å². The number of carbonyl (C=O) groups is 1. The van der Waals surface area contributed by atoms with Gasteiger partial charge in [-0.05, 0) is 36.8 Å². The van der Waals surface area contributed by atoms with Gasteiger partial charge in [0.1, 0.15) is 11.4 Å². The van der Waals surface area contributed by atoms with Crippen LogP contribution in [0.3, 0.4) is 0 Å². The highest BCUT2D eigenvalue weighted by atomic mass is 19.1. The Labute approximate surface area is 144 Å². The summed E-state index contributed by atoms with van der Waals surface area (Å²) in [6.07, 6.45) is 3.09. The first-order valence-electron chi connectivity index (χ1n) is 7.82. The van der Waals surface area contributed by atoms with Crippen molar-refractivity contribution < 1.29 is 14.3 Å². The molecule has 1 aromatic heterocycles. The molecule has 1 amide bonds. The summed E-state index contributed by atoms with van der Waals surface area (Å²) >= 11 is 0. The van der Waals surface area contributed by atoms with Crippen LogP contribution in [0.15, 0.2) is 67.0 Å². The minimum absolute atomic E-state index is 0.00597. The quantitative estimate of drug-likeness (QED) is 0.751. The Balaban J connectivity index is 1.66. The third kappa shape index (κ3) is 3.92. The third-order valence-corrected chi connectivity index (χ3v) is 3.92. The molecule has 6 heteroatoms. The summed E-state index contributed by atoms with van der Waals surface area (Å²) in [5.41, 5.74) is 0.450. The normalized spacial score (nSPS) is 13.2. The van der Waals surface area contributed by atoms with Crippen molar-refractivity contribution in [3.05, 3.63) is 83.9 Å². The van der Waals surface area contributed by atoms with Gasteiger partial charge in [0.15, 0.2) is 0 Å². The fourth-order valence-electron chi connectivity index (χ4n) is 2.43. The number of benzene rings is 2. The van der Waals surface area contributed by atoms with Crippen LogP contribution in [0.25, 0.3) is 5.69 Å². The first kappa shape index (κ1) is 16.9. The van der Waals surface area contributed by atoms with Crippen LogP contribution in [-0.4, -0.2) is 27.3 Å². The van der Waals surface area contributed by atoms with Crippen LogP contribution in [-0.2, 0) is 5.60 Å². The summed E-state index contributed by atoms with van der Waals surface area (Å²) in [4.78, 5) is 12.3. The van der Waals surface area contributed by atoms with E-state index in [1.54, 1.807) is 17.8 Å². The highest BCUT2D eigenvalue weighted by Gasteiger charge is 2.24. The number of hydrogen-bond acceptors (Lipinski definition) is 3. The molecule has 1 atom stereocenters. The SMILES string of the molecule is CC(O)(CNC(=O)c1cnn(-c2ccccc2)c1)c1ccc(F)cc1. The van der Waals surface area contributed by atoms with Gasteiger partial charge >= 0.3 is 0 Å². The van der Waals surface area contributed by atoms with E-state index in [1.165, 1.54) is 30.5 Å². The second-order valence-electron chi connectivity index (χ2n) is 5.97. The molecule has 0 saturated heterocycles. The fraction of sp³-hybridized carbons (Fsp3) is 0.158. The molecule has 3 aromatic rings. The van der Waals surface area contributed by atoms with Crippen molar-refractivity contribution in [2.24, 2.45) is 0 Å². The van der Waals surface area contributed by atoms with E-state index >= 15 is 0 Å². The van der Waals surface area contributed by atoms with Crippen LogP contribution in [0.4, 0.5) is 4.39 Å². The standard InChI is InChI=1S/C19H18FN3O2/c1-19(25,15-7-9-16(20)10-8-15)13-21-18(24)14-11-22-23(12-14)17-5-3-2-4-6-17/h2-12,25H,13H2,1H3,(H,21,24). The predicted octanol–water partition coefficient (Wildman–Crippen LogP) is 2.65. The summed E-state index contributed by atoms with van der Waals surface area (Å²) in [5, 5.41) is 17.4. The summed E-state index contributed by atoms with van der Waals surface area (Å²) in [6, 6.07) is 15.0. The smallest absolute Gasteiger partial charge is 0.254 e. The maximum atomic E-state index is 13.0. The van der Waals surface area contributed by atoms with Gasteiger partial charge in [0.2, 0.25) is 0 Å². The number of amides is 1. The first-order valence-corrected chi connectivity index (χ1v) is 7.82. The molecule has 1 heterocycles. The van der Waals surface area contributed by atoms with Crippen LogP contribution in [0.5, 0.6) is 0 Å². The highest BCUT2D eigenvalue weighted by molar-refractivity contribution is 5.93. The molecule has 0 spiro atoms. The number of rotatable bonds is 5. The molecule has 1 unspecified atom stereocenters. The van der Waals surface area contributed by atoms with E-state index in [9.17, 15) is 14.3 Å². The molecule has 128 valence electrons. The molecule has 3 rings (SSSR count). The monoisotopic (exact) mass is 339 g/mol. The van der Waals surface area contributed by atoms with Gasteiger partial charge in [-0.2, -0.15) is 5.10 Å². The maximum absolute atomic E-state index is 13.0. The molecule has 0 aliphatic rings. The Hall–Kier alpha value is -2.99. The Bertz CT molecular complexity index is 858. The van der Waals surface area contributed by atoms with Gasteiger partial charge in [0, 0.05) is 6.20 Å². The summed E-state index contributed by atoms with van der Waals surface area (Å²) in [7, 11) is 0. The maximum Gasteiger partial charge on any atom is 0.254 e. The van der Waals surface area contributed by atoms with Gasteiger partial charge in [-0.25, -0.2) is 9.07 Å². The van der Waals surface area contributed by atoms with E-state index in [-0.39, 0.29) is 18.3 Å². The molecule has 0 saturated carbocycles. The zero-order chi connectivity index (χ0) is 17.9. The second kappa shape index (κ2) is 6.86. The lowest BCUT2D eigenvalue weighted by atomic mass is 9.96. The Morgan fingerprint density at radius 1 is 1.20 bits per heavy atom. The number of halogens is 1. The van der Waals surface area contributed by atoms with E-state index in [4.69, 9.17) is 0 Å². The second-order valence-corrected chi connectivity index (χ2v) is 5.97. The van der Waals surface area contributed by atoms with Crippen LogP contribution in [0, 0.1) is 5.82 Å². The van der Waals surface area contributed by atoms with Crippen molar-refractivity contribution in [1.29, 1.82) is 0 Å². The van der Waals surface area contributed by atoms with Crippen LogP contribution in [0.2, 0.25) is 0 Å². The number of nitrogens with one attached hydrogen (secondary N) is 1. The largest absolute Gasteiger partial charge is 0.384 e. The molecule has 25 heavy (non-hydrogen) atoms. The molecule has 0 aliphatic heterocycles.